The third kappa shape index (κ3) is 2.65. The zero-order valence-corrected chi connectivity index (χ0v) is 10.5. The number of rotatable bonds is 5. The van der Waals surface area contributed by atoms with Gasteiger partial charge in [-0.15, -0.1) is 11.3 Å². The van der Waals surface area contributed by atoms with E-state index in [1.165, 1.54) is 24.3 Å². The molecule has 0 aliphatic heterocycles. The van der Waals surface area contributed by atoms with Gasteiger partial charge in [-0.2, -0.15) is 0 Å². The first-order valence-electron chi connectivity index (χ1n) is 5.38. The maximum absolute atomic E-state index is 5.89. The van der Waals surface area contributed by atoms with E-state index in [-0.39, 0.29) is 0 Å². The molecule has 1 heterocycles. The largest absolute Gasteiger partial charge is 0.376 e. The lowest BCUT2D eigenvalue weighted by atomic mass is 9.68. The predicted molar refractivity (Wildman–Crippen MR) is 68.0 cm³/mol. The molecule has 2 N–H and O–H groups in total. The van der Waals surface area contributed by atoms with Crippen LogP contribution in [0.15, 0.2) is 12.1 Å². The number of nitrogens with one attached hydrogen (secondary N) is 2. The molecule has 1 aliphatic rings. The van der Waals surface area contributed by atoms with Crippen molar-refractivity contribution in [3.63, 3.8) is 0 Å². The summed E-state index contributed by atoms with van der Waals surface area (Å²) in [5.74, 6) is 0. The van der Waals surface area contributed by atoms with Gasteiger partial charge in [-0.05, 0) is 32.0 Å². The molecule has 0 aromatic carbocycles. The molecule has 0 atom stereocenters. The summed E-state index contributed by atoms with van der Waals surface area (Å²) >= 11 is 7.50. The maximum atomic E-state index is 5.89. The van der Waals surface area contributed by atoms with E-state index in [9.17, 15) is 0 Å². The van der Waals surface area contributed by atoms with Crippen LogP contribution in [0.4, 0.5) is 5.00 Å². The molecule has 0 spiro atoms. The van der Waals surface area contributed by atoms with Crippen molar-refractivity contribution in [2.45, 2.75) is 19.3 Å². The summed E-state index contributed by atoms with van der Waals surface area (Å²) in [6.07, 6.45) is 4.04. The SMILES string of the molecule is CNCC1(CNc2ccc(Cl)s2)CCC1. The van der Waals surface area contributed by atoms with Gasteiger partial charge in [-0.25, -0.2) is 0 Å². The highest BCUT2D eigenvalue weighted by Gasteiger charge is 2.35. The van der Waals surface area contributed by atoms with Gasteiger partial charge in [0.2, 0.25) is 0 Å². The van der Waals surface area contributed by atoms with Crippen LogP contribution < -0.4 is 10.6 Å². The number of hydrogen-bond donors (Lipinski definition) is 2. The number of thiophene rings is 1. The van der Waals surface area contributed by atoms with E-state index in [0.29, 0.717) is 5.41 Å². The van der Waals surface area contributed by atoms with Gasteiger partial charge in [-0.3, -0.25) is 0 Å². The highest BCUT2D eigenvalue weighted by Crippen LogP contribution is 2.40. The fourth-order valence-corrected chi connectivity index (χ4v) is 3.09. The smallest absolute Gasteiger partial charge is 0.0950 e. The minimum absolute atomic E-state index is 0.477. The van der Waals surface area contributed by atoms with E-state index in [4.69, 9.17) is 11.6 Å². The van der Waals surface area contributed by atoms with Crippen LogP contribution in [0.2, 0.25) is 4.34 Å². The number of anilines is 1. The maximum Gasteiger partial charge on any atom is 0.0950 e. The molecule has 1 aliphatic carbocycles. The topological polar surface area (TPSA) is 24.1 Å². The second kappa shape index (κ2) is 4.73. The number of halogens is 1. The van der Waals surface area contributed by atoms with Crippen molar-refractivity contribution < 1.29 is 0 Å². The van der Waals surface area contributed by atoms with Crippen molar-refractivity contribution in [2.75, 3.05) is 25.5 Å². The Kier molecular flexibility index (Phi) is 3.54. The highest BCUT2D eigenvalue weighted by molar-refractivity contribution is 7.19. The zero-order valence-electron chi connectivity index (χ0n) is 8.98. The summed E-state index contributed by atoms with van der Waals surface area (Å²) in [4.78, 5) is 0. The van der Waals surface area contributed by atoms with Crippen LogP contribution in [0.25, 0.3) is 0 Å². The first kappa shape index (κ1) is 11.2. The van der Waals surface area contributed by atoms with Gasteiger partial charge in [-0.1, -0.05) is 18.0 Å². The Morgan fingerprint density at radius 3 is 2.67 bits per heavy atom. The monoisotopic (exact) mass is 244 g/mol. The summed E-state index contributed by atoms with van der Waals surface area (Å²) in [5.41, 5.74) is 0.477. The molecule has 0 saturated heterocycles. The summed E-state index contributed by atoms with van der Waals surface area (Å²) in [6, 6.07) is 4.00. The van der Waals surface area contributed by atoms with Crippen LogP contribution in [0.1, 0.15) is 19.3 Å². The van der Waals surface area contributed by atoms with Crippen LogP contribution in [0.5, 0.6) is 0 Å². The van der Waals surface area contributed by atoms with Gasteiger partial charge in [0, 0.05) is 18.5 Å². The van der Waals surface area contributed by atoms with Crippen LogP contribution in [0, 0.1) is 5.41 Å². The van der Waals surface area contributed by atoms with E-state index in [1.54, 1.807) is 11.3 Å². The van der Waals surface area contributed by atoms with Crippen molar-refractivity contribution in [3.05, 3.63) is 16.5 Å². The number of hydrogen-bond acceptors (Lipinski definition) is 3. The first-order valence-corrected chi connectivity index (χ1v) is 6.57. The average molecular weight is 245 g/mol. The standard InChI is InChI=1S/C11H17ClN2S/c1-13-7-11(5-2-6-11)8-14-10-4-3-9(12)15-10/h3-4,13-14H,2,5-8H2,1H3. The van der Waals surface area contributed by atoms with Gasteiger partial charge in [0.05, 0.1) is 9.34 Å². The summed E-state index contributed by atoms with van der Waals surface area (Å²) < 4.78 is 0.855. The molecule has 84 valence electrons. The van der Waals surface area contributed by atoms with Gasteiger partial charge in [0.1, 0.15) is 0 Å². The average Bonchev–Trinajstić information content (AvgIpc) is 2.56. The van der Waals surface area contributed by atoms with Crippen LogP contribution >= 0.6 is 22.9 Å². The molecule has 1 aromatic rings. The molecule has 0 amide bonds. The molecule has 0 bridgehead atoms. The first-order chi connectivity index (χ1) is 7.24. The van der Waals surface area contributed by atoms with E-state index in [0.717, 1.165) is 17.4 Å². The van der Waals surface area contributed by atoms with Crippen molar-refractivity contribution in [1.29, 1.82) is 0 Å². The summed E-state index contributed by atoms with van der Waals surface area (Å²) in [6.45, 7) is 2.17. The van der Waals surface area contributed by atoms with E-state index < -0.39 is 0 Å². The van der Waals surface area contributed by atoms with Crippen molar-refractivity contribution in [2.24, 2.45) is 5.41 Å². The third-order valence-corrected chi connectivity index (χ3v) is 4.37. The van der Waals surface area contributed by atoms with E-state index >= 15 is 0 Å². The lowest BCUT2D eigenvalue weighted by Crippen LogP contribution is -2.43. The van der Waals surface area contributed by atoms with E-state index in [2.05, 4.69) is 16.7 Å². The molecule has 1 fully saturated rings. The Hall–Kier alpha value is -0.250. The van der Waals surface area contributed by atoms with Gasteiger partial charge >= 0.3 is 0 Å². The van der Waals surface area contributed by atoms with Crippen molar-refractivity contribution in [1.82, 2.24) is 5.32 Å². The Morgan fingerprint density at radius 2 is 2.20 bits per heavy atom. The molecule has 0 unspecified atom stereocenters. The van der Waals surface area contributed by atoms with Gasteiger partial charge in [0.15, 0.2) is 0 Å². The van der Waals surface area contributed by atoms with Gasteiger partial charge < -0.3 is 10.6 Å². The van der Waals surface area contributed by atoms with Crippen LogP contribution in [-0.2, 0) is 0 Å². The molecule has 1 aromatic heterocycles. The predicted octanol–water partition coefficient (Wildman–Crippen LogP) is 3.20. The molecule has 15 heavy (non-hydrogen) atoms. The molecular formula is C11H17ClN2S. The molecule has 0 radical (unpaired) electrons. The fourth-order valence-electron chi connectivity index (χ4n) is 2.15. The molecule has 2 rings (SSSR count). The molecule has 4 heteroatoms. The zero-order chi connectivity index (χ0) is 10.7. The highest BCUT2D eigenvalue weighted by atomic mass is 35.5. The van der Waals surface area contributed by atoms with Gasteiger partial charge in [0.25, 0.3) is 0 Å². The fraction of sp³-hybridized carbons (Fsp3) is 0.636. The lowest BCUT2D eigenvalue weighted by Gasteiger charge is -2.42. The lowest BCUT2D eigenvalue weighted by molar-refractivity contribution is 0.151. The summed E-state index contributed by atoms with van der Waals surface area (Å²) in [7, 11) is 2.03. The minimum Gasteiger partial charge on any atom is -0.376 e. The third-order valence-electron chi connectivity index (χ3n) is 3.18. The molecule has 1 saturated carbocycles. The normalized spacial score (nSPS) is 18.5. The second-order valence-corrected chi connectivity index (χ2v) is 6.06. The summed E-state index contributed by atoms with van der Waals surface area (Å²) in [5, 5.41) is 7.96. The second-order valence-electron chi connectivity index (χ2n) is 4.34. The quantitative estimate of drug-likeness (QED) is 0.831. The minimum atomic E-state index is 0.477. The molecule has 2 nitrogen and oxygen atoms in total. The van der Waals surface area contributed by atoms with Crippen molar-refractivity contribution >= 4 is 27.9 Å². The molecular weight excluding hydrogens is 228 g/mol. The Bertz CT molecular complexity index is 320. The van der Waals surface area contributed by atoms with Crippen LogP contribution in [0.3, 0.4) is 0 Å². The Morgan fingerprint density at radius 1 is 1.40 bits per heavy atom. The van der Waals surface area contributed by atoms with Crippen molar-refractivity contribution in [3.8, 4) is 0 Å². The Balaban J connectivity index is 1.86. The van der Waals surface area contributed by atoms with E-state index in [1.807, 2.05) is 13.1 Å². The van der Waals surface area contributed by atoms with Crippen LogP contribution in [-0.4, -0.2) is 20.1 Å². The Labute approximate surface area is 100 Å².